The van der Waals surface area contributed by atoms with Gasteiger partial charge < -0.3 is 4.74 Å². The summed E-state index contributed by atoms with van der Waals surface area (Å²) >= 11 is 5.55. The Kier molecular flexibility index (Phi) is 6.76. The fourth-order valence-electron chi connectivity index (χ4n) is 1.90. The van der Waals surface area contributed by atoms with Crippen LogP contribution < -0.4 is 0 Å². The van der Waals surface area contributed by atoms with Crippen LogP contribution in [0.2, 0.25) is 0 Å². The molecule has 0 heterocycles. The summed E-state index contributed by atoms with van der Waals surface area (Å²) < 4.78 is 5.33. The second-order valence-electron chi connectivity index (χ2n) is 4.91. The highest BCUT2D eigenvalue weighted by atomic mass is 35.5. The van der Waals surface area contributed by atoms with Crippen molar-refractivity contribution in [2.75, 3.05) is 0 Å². The highest BCUT2D eigenvalue weighted by Crippen LogP contribution is 2.32. The van der Waals surface area contributed by atoms with Gasteiger partial charge in [0.25, 0.3) is 0 Å². The first-order valence-electron chi connectivity index (χ1n) is 6.21. The molecule has 4 heteroatoms. The van der Waals surface area contributed by atoms with Crippen molar-refractivity contribution in [3.8, 4) is 0 Å². The second-order valence-corrected chi connectivity index (χ2v) is 5.25. The first-order valence-corrected chi connectivity index (χ1v) is 6.58. The van der Waals surface area contributed by atoms with Crippen molar-refractivity contribution >= 4 is 22.8 Å². The number of hydrogen-bond donors (Lipinski definition) is 0. The van der Waals surface area contributed by atoms with Crippen molar-refractivity contribution in [1.29, 1.82) is 0 Å². The summed E-state index contributed by atoms with van der Waals surface area (Å²) in [7, 11) is 0. The van der Waals surface area contributed by atoms with Crippen molar-refractivity contribution < 1.29 is 14.3 Å². The van der Waals surface area contributed by atoms with Crippen LogP contribution in [0, 0.1) is 11.3 Å². The fourth-order valence-corrected chi connectivity index (χ4v) is 2.25. The minimum absolute atomic E-state index is 0.184. The van der Waals surface area contributed by atoms with Crippen LogP contribution in [0.25, 0.3) is 0 Å². The topological polar surface area (TPSA) is 43.4 Å². The van der Waals surface area contributed by atoms with Crippen LogP contribution in [0.5, 0.6) is 0 Å². The van der Waals surface area contributed by atoms with Crippen LogP contribution in [0.3, 0.4) is 0 Å². The van der Waals surface area contributed by atoms with Gasteiger partial charge in [0.15, 0.2) is 0 Å². The molecule has 0 radical (unpaired) electrons. The van der Waals surface area contributed by atoms with E-state index in [4.69, 9.17) is 16.3 Å². The minimum atomic E-state index is -1.17. The van der Waals surface area contributed by atoms with Gasteiger partial charge in [-0.3, -0.25) is 9.59 Å². The number of carbonyl (C=O) groups excluding carboxylic acids is 2. The zero-order valence-corrected chi connectivity index (χ0v) is 12.1. The molecular formula is C13H23ClO3. The Morgan fingerprint density at radius 2 is 1.65 bits per heavy atom. The van der Waals surface area contributed by atoms with Crippen LogP contribution in [-0.4, -0.2) is 17.3 Å². The highest BCUT2D eigenvalue weighted by Gasteiger charge is 2.43. The third-order valence-electron chi connectivity index (χ3n) is 3.09. The summed E-state index contributed by atoms with van der Waals surface area (Å²) in [4.78, 5) is 23.5. The molecule has 0 spiro atoms. The van der Waals surface area contributed by atoms with E-state index in [-0.39, 0.29) is 6.10 Å². The van der Waals surface area contributed by atoms with Gasteiger partial charge in [-0.15, -0.1) is 0 Å². The van der Waals surface area contributed by atoms with Gasteiger partial charge >= 0.3 is 5.97 Å². The lowest BCUT2D eigenvalue weighted by Crippen LogP contribution is -2.39. The average molecular weight is 263 g/mol. The number of ether oxygens (including phenoxy) is 1. The summed E-state index contributed by atoms with van der Waals surface area (Å²) in [6, 6.07) is 0. The zero-order chi connectivity index (χ0) is 13.6. The first kappa shape index (κ1) is 16.4. The van der Waals surface area contributed by atoms with Gasteiger partial charge in [0.1, 0.15) is 5.41 Å². The monoisotopic (exact) mass is 262 g/mol. The molecular weight excluding hydrogens is 240 g/mol. The average Bonchev–Trinajstić information content (AvgIpc) is 2.17. The van der Waals surface area contributed by atoms with Gasteiger partial charge in [0.2, 0.25) is 5.24 Å². The van der Waals surface area contributed by atoms with E-state index in [9.17, 15) is 9.59 Å². The first-order chi connectivity index (χ1) is 7.80. The Labute approximate surface area is 109 Å². The van der Waals surface area contributed by atoms with Crippen LogP contribution >= 0.6 is 11.6 Å². The van der Waals surface area contributed by atoms with Gasteiger partial charge in [0, 0.05) is 0 Å². The van der Waals surface area contributed by atoms with E-state index in [1.165, 1.54) is 0 Å². The summed E-state index contributed by atoms with van der Waals surface area (Å²) in [5, 5.41) is -0.621. The minimum Gasteiger partial charge on any atom is -0.462 e. The molecule has 0 saturated heterocycles. The summed E-state index contributed by atoms with van der Waals surface area (Å²) in [6.07, 6.45) is 1.35. The Morgan fingerprint density at radius 1 is 1.18 bits per heavy atom. The van der Waals surface area contributed by atoms with Crippen molar-refractivity contribution in [3.63, 3.8) is 0 Å². The maximum atomic E-state index is 12.0. The summed E-state index contributed by atoms with van der Waals surface area (Å²) in [6.45, 7) is 9.51. The molecule has 0 N–H and O–H groups in total. The Balaban J connectivity index is 4.70. The molecule has 0 aliphatic carbocycles. The zero-order valence-electron chi connectivity index (χ0n) is 11.4. The van der Waals surface area contributed by atoms with Crippen molar-refractivity contribution in [2.24, 2.45) is 11.3 Å². The fraction of sp³-hybridized carbons (Fsp3) is 0.846. The van der Waals surface area contributed by atoms with Gasteiger partial charge in [-0.1, -0.05) is 27.7 Å². The Bertz CT molecular complexity index is 270. The smallest absolute Gasteiger partial charge is 0.321 e. The van der Waals surface area contributed by atoms with E-state index in [0.29, 0.717) is 18.8 Å². The van der Waals surface area contributed by atoms with E-state index >= 15 is 0 Å². The van der Waals surface area contributed by atoms with E-state index < -0.39 is 16.6 Å². The Morgan fingerprint density at radius 3 is 1.94 bits per heavy atom. The normalized spacial score (nSPS) is 13.6. The van der Waals surface area contributed by atoms with Crippen LogP contribution in [0.1, 0.15) is 53.9 Å². The van der Waals surface area contributed by atoms with E-state index in [1.54, 1.807) is 13.8 Å². The molecule has 0 aromatic heterocycles. The molecule has 0 amide bonds. The molecule has 0 saturated carbocycles. The highest BCUT2D eigenvalue weighted by molar-refractivity contribution is 6.66. The van der Waals surface area contributed by atoms with Crippen molar-refractivity contribution in [1.82, 2.24) is 0 Å². The molecule has 1 unspecified atom stereocenters. The molecule has 0 aromatic carbocycles. The summed E-state index contributed by atoms with van der Waals surface area (Å²) in [5.41, 5.74) is -1.17. The third kappa shape index (κ3) is 4.30. The lowest BCUT2D eigenvalue weighted by Gasteiger charge is -2.27. The van der Waals surface area contributed by atoms with Crippen LogP contribution in [-0.2, 0) is 14.3 Å². The van der Waals surface area contributed by atoms with Gasteiger partial charge in [-0.25, -0.2) is 0 Å². The van der Waals surface area contributed by atoms with E-state index in [0.717, 1.165) is 6.42 Å². The molecule has 0 fully saturated rings. The standard InChI is InChI=1S/C13H23ClO3/c1-6-13(7-2,11(14)15)12(16)17-10(5)8-9(3)4/h9-10H,6-8H2,1-5H3. The number of esters is 1. The molecule has 0 aliphatic heterocycles. The molecule has 0 bridgehead atoms. The van der Waals surface area contributed by atoms with Crippen molar-refractivity contribution in [2.45, 2.75) is 60.0 Å². The molecule has 17 heavy (non-hydrogen) atoms. The molecule has 100 valence electrons. The van der Waals surface area contributed by atoms with Crippen LogP contribution in [0.15, 0.2) is 0 Å². The maximum Gasteiger partial charge on any atom is 0.321 e. The van der Waals surface area contributed by atoms with E-state index in [2.05, 4.69) is 13.8 Å². The van der Waals surface area contributed by atoms with Crippen molar-refractivity contribution in [3.05, 3.63) is 0 Å². The summed E-state index contributed by atoms with van der Waals surface area (Å²) in [5.74, 6) is -0.0437. The molecule has 0 aliphatic rings. The SMILES string of the molecule is CCC(CC)(C(=O)Cl)C(=O)OC(C)CC(C)C. The number of halogens is 1. The number of hydrogen-bond acceptors (Lipinski definition) is 3. The molecule has 0 aromatic rings. The predicted molar refractivity (Wildman–Crippen MR) is 68.9 cm³/mol. The lowest BCUT2D eigenvalue weighted by atomic mass is 9.84. The van der Waals surface area contributed by atoms with Gasteiger partial charge in [-0.2, -0.15) is 0 Å². The lowest BCUT2D eigenvalue weighted by molar-refractivity contribution is -0.163. The number of carbonyl (C=O) groups is 2. The second kappa shape index (κ2) is 7.00. The maximum absolute atomic E-state index is 12.0. The predicted octanol–water partition coefficient (Wildman–Crippen LogP) is 3.54. The molecule has 1 atom stereocenters. The van der Waals surface area contributed by atoms with Gasteiger partial charge in [0.05, 0.1) is 6.10 Å². The number of rotatable bonds is 7. The Hall–Kier alpha value is -0.570. The molecule has 0 rings (SSSR count). The van der Waals surface area contributed by atoms with E-state index in [1.807, 2.05) is 6.92 Å². The van der Waals surface area contributed by atoms with Gasteiger partial charge in [-0.05, 0) is 43.7 Å². The van der Waals surface area contributed by atoms with Crippen LogP contribution in [0.4, 0.5) is 0 Å². The largest absolute Gasteiger partial charge is 0.462 e. The third-order valence-corrected chi connectivity index (χ3v) is 3.45. The molecule has 3 nitrogen and oxygen atoms in total. The quantitative estimate of drug-likeness (QED) is 0.400.